The summed E-state index contributed by atoms with van der Waals surface area (Å²) in [7, 11) is 1.84. The molecule has 2 aromatic heterocycles. The number of rotatable bonds is 3. The molecule has 5 heteroatoms. The lowest BCUT2D eigenvalue weighted by atomic mass is 10.1. The van der Waals surface area contributed by atoms with E-state index in [1.54, 1.807) is 0 Å². The SMILES string of the molecule is CCn1c2c(cc(-c3csc(NC)n3)c1=O)CCC2. The summed E-state index contributed by atoms with van der Waals surface area (Å²) in [6.07, 6.45) is 3.25. The monoisotopic (exact) mass is 275 g/mol. The maximum atomic E-state index is 12.6. The molecule has 0 saturated heterocycles. The molecule has 3 rings (SSSR count). The van der Waals surface area contributed by atoms with Crippen LogP contribution in [0.25, 0.3) is 11.3 Å². The summed E-state index contributed by atoms with van der Waals surface area (Å²) in [4.78, 5) is 17.0. The number of thiazole rings is 1. The summed E-state index contributed by atoms with van der Waals surface area (Å²) < 4.78 is 1.91. The van der Waals surface area contributed by atoms with Crippen LogP contribution in [0.5, 0.6) is 0 Å². The Balaban J connectivity index is 2.19. The number of anilines is 1. The van der Waals surface area contributed by atoms with Crippen LogP contribution in [-0.2, 0) is 19.4 Å². The van der Waals surface area contributed by atoms with Crippen molar-refractivity contribution in [2.24, 2.45) is 0 Å². The summed E-state index contributed by atoms with van der Waals surface area (Å²) in [5, 5.41) is 5.81. The molecule has 0 bridgehead atoms. The predicted molar refractivity (Wildman–Crippen MR) is 79.1 cm³/mol. The van der Waals surface area contributed by atoms with Gasteiger partial charge >= 0.3 is 0 Å². The highest BCUT2D eigenvalue weighted by molar-refractivity contribution is 7.14. The first kappa shape index (κ1) is 12.4. The van der Waals surface area contributed by atoms with Crippen molar-refractivity contribution < 1.29 is 0 Å². The number of aromatic nitrogens is 2. The van der Waals surface area contributed by atoms with Crippen LogP contribution in [0.1, 0.15) is 24.6 Å². The van der Waals surface area contributed by atoms with Gasteiger partial charge in [-0.15, -0.1) is 11.3 Å². The highest BCUT2D eigenvalue weighted by Gasteiger charge is 2.20. The largest absolute Gasteiger partial charge is 0.365 e. The van der Waals surface area contributed by atoms with Gasteiger partial charge < -0.3 is 9.88 Å². The fourth-order valence-corrected chi connectivity index (χ4v) is 3.42. The molecule has 2 aromatic rings. The molecule has 0 amide bonds. The molecule has 0 atom stereocenters. The zero-order valence-corrected chi connectivity index (χ0v) is 12.0. The van der Waals surface area contributed by atoms with Gasteiger partial charge in [-0.3, -0.25) is 4.79 Å². The third-order valence-corrected chi connectivity index (χ3v) is 4.52. The summed E-state index contributed by atoms with van der Waals surface area (Å²) in [5.41, 5.74) is 4.16. The van der Waals surface area contributed by atoms with Crippen molar-refractivity contribution in [3.8, 4) is 11.3 Å². The maximum Gasteiger partial charge on any atom is 0.260 e. The molecule has 4 nitrogen and oxygen atoms in total. The number of hydrogen-bond donors (Lipinski definition) is 1. The number of pyridine rings is 1. The minimum absolute atomic E-state index is 0.0936. The lowest BCUT2D eigenvalue weighted by Crippen LogP contribution is -2.24. The van der Waals surface area contributed by atoms with E-state index < -0.39 is 0 Å². The number of hydrogen-bond acceptors (Lipinski definition) is 4. The Kier molecular flexibility index (Phi) is 3.14. The van der Waals surface area contributed by atoms with E-state index in [1.165, 1.54) is 22.6 Å². The quantitative estimate of drug-likeness (QED) is 0.936. The van der Waals surface area contributed by atoms with E-state index in [1.807, 2.05) is 30.0 Å². The van der Waals surface area contributed by atoms with Gasteiger partial charge in [0.2, 0.25) is 0 Å². The highest BCUT2D eigenvalue weighted by atomic mass is 32.1. The van der Waals surface area contributed by atoms with Crippen LogP contribution in [0.4, 0.5) is 5.13 Å². The fraction of sp³-hybridized carbons (Fsp3) is 0.429. The van der Waals surface area contributed by atoms with Crippen molar-refractivity contribution in [2.75, 3.05) is 12.4 Å². The molecule has 0 spiro atoms. The average molecular weight is 275 g/mol. The predicted octanol–water partition coefficient (Wildman–Crippen LogP) is 2.52. The second kappa shape index (κ2) is 4.81. The minimum atomic E-state index is 0.0936. The zero-order valence-electron chi connectivity index (χ0n) is 11.2. The molecule has 1 aliphatic rings. The first-order chi connectivity index (χ1) is 9.24. The molecule has 0 unspecified atom stereocenters. The van der Waals surface area contributed by atoms with E-state index in [-0.39, 0.29) is 5.56 Å². The molecule has 2 heterocycles. The fourth-order valence-electron chi connectivity index (χ4n) is 2.75. The topological polar surface area (TPSA) is 46.9 Å². The first-order valence-corrected chi connectivity index (χ1v) is 7.51. The van der Waals surface area contributed by atoms with Crippen LogP contribution in [0.15, 0.2) is 16.2 Å². The van der Waals surface area contributed by atoms with Crippen molar-refractivity contribution in [1.82, 2.24) is 9.55 Å². The summed E-state index contributed by atoms with van der Waals surface area (Å²) >= 11 is 1.53. The third-order valence-electron chi connectivity index (χ3n) is 3.66. The highest BCUT2D eigenvalue weighted by Crippen LogP contribution is 2.27. The lowest BCUT2D eigenvalue weighted by Gasteiger charge is -2.11. The molecule has 0 radical (unpaired) electrons. The number of nitrogens with one attached hydrogen (secondary N) is 1. The van der Waals surface area contributed by atoms with Crippen LogP contribution >= 0.6 is 11.3 Å². The molecule has 0 saturated carbocycles. The van der Waals surface area contributed by atoms with Crippen LogP contribution < -0.4 is 10.9 Å². The third kappa shape index (κ3) is 1.98. The van der Waals surface area contributed by atoms with E-state index in [0.717, 1.165) is 42.2 Å². The van der Waals surface area contributed by atoms with Gasteiger partial charge in [0.1, 0.15) is 0 Å². The molecular formula is C14H17N3OS. The number of aryl methyl sites for hydroxylation is 1. The number of nitrogens with zero attached hydrogens (tertiary/aromatic N) is 2. The van der Waals surface area contributed by atoms with Gasteiger partial charge in [0.25, 0.3) is 5.56 Å². The molecule has 1 aliphatic carbocycles. The van der Waals surface area contributed by atoms with Crippen molar-refractivity contribution in [3.05, 3.63) is 33.1 Å². The Morgan fingerprint density at radius 1 is 1.47 bits per heavy atom. The molecule has 0 fully saturated rings. The summed E-state index contributed by atoms with van der Waals surface area (Å²) in [5.74, 6) is 0. The van der Waals surface area contributed by atoms with E-state index in [4.69, 9.17) is 0 Å². The Hall–Kier alpha value is -1.62. The second-order valence-corrected chi connectivity index (χ2v) is 5.58. The van der Waals surface area contributed by atoms with Crippen molar-refractivity contribution in [3.63, 3.8) is 0 Å². The normalized spacial score (nSPS) is 13.6. The molecular weight excluding hydrogens is 258 g/mol. The average Bonchev–Trinajstić information content (AvgIpc) is 3.06. The molecule has 1 N–H and O–H groups in total. The van der Waals surface area contributed by atoms with E-state index in [2.05, 4.69) is 10.3 Å². The Morgan fingerprint density at radius 2 is 2.32 bits per heavy atom. The Morgan fingerprint density at radius 3 is 3.00 bits per heavy atom. The molecule has 0 aliphatic heterocycles. The summed E-state index contributed by atoms with van der Waals surface area (Å²) in [6.45, 7) is 2.77. The zero-order chi connectivity index (χ0) is 13.4. The smallest absolute Gasteiger partial charge is 0.260 e. The molecule has 0 aromatic carbocycles. The number of fused-ring (bicyclic) bond motifs is 1. The second-order valence-electron chi connectivity index (χ2n) is 4.72. The van der Waals surface area contributed by atoms with Crippen molar-refractivity contribution in [1.29, 1.82) is 0 Å². The lowest BCUT2D eigenvalue weighted by molar-refractivity contribution is 0.683. The van der Waals surface area contributed by atoms with Gasteiger partial charge in [0, 0.05) is 24.7 Å². The van der Waals surface area contributed by atoms with Gasteiger partial charge in [-0.05, 0) is 37.8 Å². The minimum Gasteiger partial charge on any atom is -0.365 e. The van der Waals surface area contributed by atoms with Crippen LogP contribution in [0.3, 0.4) is 0 Å². The maximum absolute atomic E-state index is 12.6. The van der Waals surface area contributed by atoms with E-state index in [0.29, 0.717) is 0 Å². The van der Waals surface area contributed by atoms with Crippen molar-refractivity contribution in [2.45, 2.75) is 32.7 Å². The molecule has 100 valence electrons. The van der Waals surface area contributed by atoms with Crippen LogP contribution in [-0.4, -0.2) is 16.6 Å². The van der Waals surface area contributed by atoms with Gasteiger partial charge in [-0.25, -0.2) is 4.98 Å². The van der Waals surface area contributed by atoms with Gasteiger partial charge in [-0.2, -0.15) is 0 Å². The van der Waals surface area contributed by atoms with E-state index >= 15 is 0 Å². The van der Waals surface area contributed by atoms with Gasteiger partial charge in [0.05, 0.1) is 11.3 Å². The van der Waals surface area contributed by atoms with Gasteiger partial charge in [-0.1, -0.05) is 0 Å². The first-order valence-electron chi connectivity index (χ1n) is 6.63. The standard InChI is InChI=1S/C14H17N3OS/c1-3-17-12-6-4-5-9(12)7-10(13(17)18)11-8-19-14(15-2)16-11/h7-8H,3-6H2,1-2H3,(H,15,16). The van der Waals surface area contributed by atoms with Crippen LogP contribution in [0, 0.1) is 0 Å². The van der Waals surface area contributed by atoms with Crippen molar-refractivity contribution >= 4 is 16.5 Å². The Bertz CT molecular complexity index is 672. The molecule has 19 heavy (non-hydrogen) atoms. The van der Waals surface area contributed by atoms with E-state index in [9.17, 15) is 4.79 Å². The van der Waals surface area contributed by atoms with Crippen LogP contribution in [0.2, 0.25) is 0 Å². The Labute approximate surface area is 116 Å². The summed E-state index contributed by atoms with van der Waals surface area (Å²) in [6, 6.07) is 2.05. The van der Waals surface area contributed by atoms with Gasteiger partial charge in [0.15, 0.2) is 5.13 Å².